The molecule has 0 unspecified atom stereocenters. The van der Waals surface area contributed by atoms with Crippen LogP contribution >= 0.6 is 34.0 Å². The molecule has 22 rings (SSSR count). The SMILES string of the molecule is Cc1ccc(-c2ccc3c(c2)sc2ccccc23)cc1.Cc1ccc2c(c1)oc1ccccc12.Cc1ccc2oc3ccccc3c2c1.Cc1cccc2c1oc1ccccc12.Cc1cccc2c1sc1ccccc12.Cc1cccc2oc3ccccc3c12.Cc1cccc2sc3ccccc3c12. The molecule has 0 spiro atoms. The van der Waals surface area contributed by atoms with Crippen molar-refractivity contribution in [2.45, 2.75) is 48.5 Å². The van der Waals surface area contributed by atoms with E-state index in [-0.39, 0.29) is 0 Å². The molecule has 7 heteroatoms. The first-order valence-corrected chi connectivity index (χ1v) is 37.6. The van der Waals surface area contributed by atoms with Gasteiger partial charge in [0.05, 0.1) is 0 Å². The zero-order valence-electron chi connectivity index (χ0n) is 59.0. The Labute approximate surface area is 615 Å². The van der Waals surface area contributed by atoms with Crippen LogP contribution in [-0.4, -0.2) is 0 Å². The number of hydrogen-bond donors (Lipinski definition) is 0. The standard InChI is InChI=1S/C19H14S.4C13H10O.2C13H10S/c1-13-6-8-14(9-7-13)15-10-11-17-16-4-2-3-5-18(16)20-19(17)12-15;1-9-5-4-7-11-10-6-2-3-8-12(10)14-13(9)11;1-9-5-4-8-12-13(9)10-6-2-3-7-11(10)14-12;1-9-6-7-13-11(8-9)10-4-2-3-5-12(10)14-13;1-9-6-7-11-10-4-2-3-5-12(10)14-13(11)8-9;1-9-5-4-7-11-10-6-2-3-8-12(10)14-13(9)11;1-9-5-4-8-12-13(9)10-6-2-3-7-11(10)14-12/h2-12H,1H3;6*2-8H,1H3. The summed E-state index contributed by atoms with van der Waals surface area (Å²) in [4.78, 5) is 0. The number of furan rings is 4. The van der Waals surface area contributed by atoms with E-state index in [0.29, 0.717) is 0 Å². The van der Waals surface area contributed by atoms with Crippen molar-refractivity contribution in [2.24, 2.45) is 0 Å². The van der Waals surface area contributed by atoms with Crippen molar-refractivity contribution < 1.29 is 17.7 Å². The fourth-order valence-electron chi connectivity index (χ4n) is 14.0. The van der Waals surface area contributed by atoms with Gasteiger partial charge in [-0.15, -0.1) is 34.0 Å². The minimum absolute atomic E-state index is 0.966. The maximum Gasteiger partial charge on any atom is 0.138 e. The number of fused-ring (bicyclic) bond motifs is 21. The van der Waals surface area contributed by atoms with Crippen molar-refractivity contribution in [3.8, 4) is 11.1 Å². The van der Waals surface area contributed by atoms with Crippen LogP contribution in [-0.2, 0) is 0 Å². The van der Waals surface area contributed by atoms with E-state index in [1.165, 1.54) is 154 Å². The summed E-state index contributed by atoms with van der Waals surface area (Å²) >= 11 is 5.64. The monoisotopic (exact) mass is 1400 g/mol. The fraction of sp³-hybridized carbons (Fsp3) is 0.0722. The first-order valence-electron chi connectivity index (χ1n) is 35.2. The van der Waals surface area contributed by atoms with Gasteiger partial charge in [0, 0.05) is 104 Å². The lowest BCUT2D eigenvalue weighted by molar-refractivity contribution is 0.665. The molecule has 0 aliphatic carbocycles. The predicted molar refractivity (Wildman–Crippen MR) is 451 cm³/mol. The van der Waals surface area contributed by atoms with Gasteiger partial charge in [-0.25, -0.2) is 0 Å². The van der Waals surface area contributed by atoms with E-state index in [9.17, 15) is 0 Å². The van der Waals surface area contributed by atoms with Gasteiger partial charge in [0.1, 0.15) is 44.7 Å². The molecule has 7 aromatic heterocycles. The zero-order chi connectivity index (χ0) is 70.8. The third-order valence-corrected chi connectivity index (χ3v) is 22.8. The summed E-state index contributed by atoms with van der Waals surface area (Å²) in [6, 6.07) is 112. The smallest absolute Gasteiger partial charge is 0.138 e. The van der Waals surface area contributed by atoms with Gasteiger partial charge in [-0.05, 0) is 166 Å². The van der Waals surface area contributed by atoms with Crippen LogP contribution in [0.2, 0.25) is 0 Å². The minimum atomic E-state index is 0.966. The van der Waals surface area contributed by atoms with Crippen LogP contribution in [0.5, 0.6) is 0 Å². The van der Waals surface area contributed by atoms with Crippen LogP contribution in [0.4, 0.5) is 0 Å². The lowest BCUT2D eigenvalue weighted by Gasteiger charge is -2.02. The molecule has 15 aromatic carbocycles. The molecule has 0 aliphatic rings. The Morgan fingerprint density at radius 2 is 0.587 bits per heavy atom. The van der Waals surface area contributed by atoms with E-state index in [4.69, 9.17) is 17.7 Å². The Balaban J connectivity index is 0.0000000938. The molecule has 0 bridgehead atoms. The molecular formula is C97H74O4S3. The first kappa shape index (κ1) is 66.7. The van der Waals surface area contributed by atoms with E-state index >= 15 is 0 Å². The van der Waals surface area contributed by atoms with Crippen molar-refractivity contribution in [2.75, 3.05) is 0 Å². The highest BCUT2D eigenvalue weighted by atomic mass is 32.1. The van der Waals surface area contributed by atoms with Crippen molar-refractivity contribution in [3.63, 3.8) is 0 Å². The first-order chi connectivity index (χ1) is 50.9. The van der Waals surface area contributed by atoms with Gasteiger partial charge in [-0.2, -0.15) is 0 Å². The summed E-state index contributed by atoms with van der Waals surface area (Å²) in [6.45, 7) is 14.8. The second kappa shape index (κ2) is 29.3. The van der Waals surface area contributed by atoms with E-state index in [2.05, 4.69) is 279 Å². The van der Waals surface area contributed by atoms with Gasteiger partial charge in [-0.3, -0.25) is 0 Å². The van der Waals surface area contributed by atoms with Crippen molar-refractivity contribution in [1.82, 2.24) is 0 Å². The quantitative estimate of drug-likeness (QED) is 0.164. The number of hydrogen-bond acceptors (Lipinski definition) is 7. The highest BCUT2D eigenvalue weighted by molar-refractivity contribution is 7.26. The third-order valence-electron chi connectivity index (χ3n) is 19.3. The maximum atomic E-state index is 5.78. The summed E-state index contributed by atoms with van der Waals surface area (Å²) in [7, 11) is 0. The Kier molecular flexibility index (Phi) is 18.8. The van der Waals surface area contributed by atoms with E-state index < -0.39 is 0 Å². The molecule has 4 nitrogen and oxygen atoms in total. The van der Waals surface area contributed by atoms with Gasteiger partial charge in [-0.1, -0.05) is 254 Å². The Hall–Kier alpha value is -11.8. The molecule has 0 amide bonds. The average molecular weight is 1400 g/mol. The topological polar surface area (TPSA) is 52.6 Å². The molecule has 0 aliphatic heterocycles. The van der Waals surface area contributed by atoms with Crippen LogP contribution < -0.4 is 0 Å². The van der Waals surface area contributed by atoms with E-state index in [1.807, 2.05) is 125 Å². The minimum Gasteiger partial charge on any atom is -0.456 e. The molecule has 22 aromatic rings. The van der Waals surface area contributed by atoms with Crippen LogP contribution in [0.25, 0.3) is 159 Å². The molecule has 504 valence electrons. The van der Waals surface area contributed by atoms with Crippen LogP contribution in [0, 0.1) is 48.5 Å². The molecule has 0 radical (unpaired) electrons. The summed E-state index contributed by atoms with van der Waals surface area (Å²) in [5.74, 6) is 0. The zero-order valence-corrected chi connectivity index (χ0v) is 61.4. The molecule has 104 heavy (non-hydrogen) atoms. The largest absolute Gasteiger partial charge is 0.456 e. The summed E-state index contributed by atoms with van der Waals surface area (Å²) in [5.41, 5.74) is 19.4. The lowest BCUT2D eigenvalue weighted by atomic mass is 10.0. The third kappa shape index (κ3) is 13.5. The van der Waals surface area contributed by atoms with Gasteiger partial charge >= 0.3 is 0 Å². The summed E-state index contributed by atoms with van der Waals surface area (Å²) in [6.07, 6.45) is 0. The molecular weight excluding hydrogens is 1330 g/mol. The highest BCUT2D eigenvalue weighted by Gasteiger charge is 2.13. The van der Waals surface area contributed by atoms with Gasteiger partial charge in [0.15, 0.2) is 0 Å². The molecule has 0 saturated carbocycles. The second-order valence-corrected chi connectivity index (χ2v) is 29.8. The van der Waals surface area contributed by atoms with Crippen molar-refractivity contribution in [1.29, 1.82) is 0 Å². The highest BCUT2D eigenvalue weighted by Crippen LogP contribution is 2.40. The predicted octanol–water partition coefficient (Wildman–Crippen LogP) is 30.3. The lowest BCUT2D eigenvalue weighted by Crippen LogP contribution is -1.78. The number of aryl methyl sites for hydroxylation is 7. The van der Waals surface area contributed by atoms with Crippen molar-refractivity contribution >= 4 is 182 Å². The summed E-state index contributed by atoms with van der Waals surface area (Å²) < 4.78 is 31.3. The Bertz CT molecular complexity index is 6580. The number of rotatable bonds is 1. The number of para-hydroxylation sites is 5. The van der Waals surface area contributed by atoms with Crippen LogP contribution in [0.1, 0.15) is 38.9 Å². The maximum absolute atomic E-state index is 5.78. The normalized spacial score (nSPS) is 11.2. The summed E-state index contributed by atoms with van der Waals surface area (Å²) in [5, 5.41) is 18.0. The molecule has 0 N–H and O–H groups in total. The van der Waals surface area contributed by atoms with Crippen molar-refractivity contribution in [3.05, 3.63) is 360 Å². The fourth-order valence-corrected chi connectivity index (χ4v) is 17.5. The Morgan fingerprint density at radius 3 is 1.29 bits per heavy atom. The van der Waals surface area contributed by atoms with E-state index in [0.717, 1.165) is 44.7 Å². The van der Waals surface area contributed by atoms with Crippen LogP contribution in [0.15, 0.2) is 339 Å². The molecule has 0 fully saturated rings. The number of thiophene rings is 3. The molecule has 0 saturated heterocycles. The second-order valence-electron chi connectivity index (χ2n) is 26.6. The molecule has 0 atom stereocenters. The van der Waals surface area contributed by atoms with E-state index in [1.54, 1.807) is 0 Å². The Morgan fingerprint density at radius 1 is 0.192 bits per heavy atom. The van der Waals surface area contributed by atoms with Gasteiger partial charge < -0.3 is 17.7 Å². The average Bonchev–Trinajstić information content (AvgIpc) is 1.82. The van der Waals surface area contributed by atoms with Gasteiger partial charge in [0.25, 0.3) is 0 Å². The van der Waals surface area contributed by atoms with Crippen LogP contribution in [0.3, 0.4) is 0 Å². The molecule has 7 heterocycles. The number of benzene rings is 15. The van der Waals surface area contributed by atoms with Gasteiger partial charge in [0.2, 0.25) is 0 Å².